The van der Waals surface area contributed by atoms with E-state index in [1.807, 2.05) is 31.0 Å². The largest absolute Gasteiger partial charge is 0.384 e. The molecule has 0 bridgehead atoms. The first-order chi connectivity index (χ1) is 12.9. The lowest BCUT2D eigenvalue weighted by Gasteiger charge is -2.33. The van der Waals surface area contributed by atoms with E-state index in [1.165, 1.54) is 15.7 Å². The number of carbonyl (C=O) groups is 1. The molecule has 0 aliphatic heterocycles. The van der Waals surface area contributed by atoms with Crippen molar-refractivity contribution < 1.29 is 4.79 Å². The molecule has 3 N–H and O–H groups in total. The average Bonchev–Trinajstić information content (AvgIpc) is 2.64. The monoisotopic (exact) mass is 370 g/mol. The number of fused-ring (bicyclic) bond motifs is 1. The van der Waals surface area contributed by atoms with Gasteiger partial charge in [-0.3, -0.25) is 24.0 Å². The molecule has 1 atom stereocenters. The third kappa shape index (κ3) is 3.73. The van der Waals surface area contributed by atoms with Crippen LogP contribution in [0.25, 0.3) is 0 Å². The lowest BCUT2D eigenvalue weighted by Crippen LogP contribution is -2.39. The predicted octanol–water partition coefficient (Wildman–Crippen LogP) is 1.72. The van der Waals surface area contributed by atoms with Gasteiger partial charge in [0.05, 0.1) is 6.54 Å². The van der Waals surface area contributed by atoms with Gasteiger partial charge in [0.1, 0.15) is 11.4 Å². The Morgan fingerprint density at radius 3 is 2.81 bits per heavy atom. The Hall–Kier alpha value is -2.67. The summed E-state index contributed by atoms with van der Waals surface area (Å²) in [5.74, 6) is -0.419. The van der Waals surface area contributed by atoms with Crippen LogP contribution in [0.1, 0.15) is 53.7 Å². The molecule has 1 aromatic carbocycles. The van der Waals surface area contributed by atoms with Gasteiger partial charge in [0, 0.05) is 12.6 Å². The van der Waals surface area contributed by atoms with Crippen molar-refractivity contribution in [3.05, 3.63) is 61.8 Å². The summed E-state index contributed by atoms with van der Waals surface area (Å²) in [7, 11) is 1.89. The van der Waals surface area contributed by atoms with E-state index in [0.717, 1.165) is 19.3 Å². The molecular weight excluding hydrogens is 344 g/mol. The van der Waals surface area contributed by atoms with Crippen molar-refractivity contribution in [2.75, 3.05) is 19.3 Å². The molecule has 1 aliphatic carbocycles. The normalized spacial score (nSPS) is 16.3. The van der Waals surface area contributed by atoms with Crippen LogP contribution in [0, 0.1) is 0 Å². The summed E-state index contributed by atoms with van der Waals surface area (Å²) in [5, 5.41) is 0. The van der Waals surface area contributed by atoms with Crippen molar-refractivity contribution >= 4 is 11.6 Å². The quantitative estimate of drug-likeness (QED) is 0.754. The van der Waals surface area contributed by atoms with E-state index in [2.05, 4.69) is 17.1 Å². The molecule has 0 saturated heterocycles. The van der Waals surface area contributed by atoms with Crippen molar-refractivity contribution in [3.8, 4) is 0 Å². The molecule has 1 aliphatic rings. The minimum Gasteiger partial charge on any atom is -0.384 e. The van der Waals surface area contributed by atoms with Crippen molar-refractivity contribution in [2.24, 2.45) is 0 Å². The molecule has 7 nitrogen and oxygen atoms in total. The Labute approximate surface area is 157 Å². The second kappa shape index (κ2) is 7.92. The van der Waals surface area contributed by atoms with Crippen molar-refractivity contribution in [2.45, 2.75) is 45.2 Å². The van der Waals surface area contributed by atoms with Gasteiger partial charge in [0.25, 0.3) is 5.56 Å². The second-order valence-corrected chi connectivity index (χ2v) is 7.12. The highest BCUT2D eigenvalue weighted by Gasteiger charge is 2.27. The average molecular weight is 370 g/mol. The fourth-order valence-electron chi connectivity index (χ4n) is 3.90. The van der Waals surface area contributed by atoms with Crippen LogP contribution in [-0.4, -0.2) is 33.8 Å². The van der Waals surface area contributed by atoms with Crippen LogP contribution in [-0.2, 0) is 13.0 Å². The maximum Gasteiger partial charge on any atom is 0.329 e. The van der Waals surface area contributed by atoms with E-state index >= 15 is 0 Å². The van der Waals surface area contributed by atoms with Crippen LogP contribution in [0.3, 0.4) is 0 Å². The van der Waals surface area contributed by atoms with Gasteiger partial charge in [0.15, 0.2) is 5.78 Å². The topological polar surface area (TPSA) is 101 Å². The molecule has 27 heavy (non-hydrogen) atoms. The van der Waals surface area contributed by atoms with E-state index in [4.69, 9.17) is 5.73 Å². The molecule has 0 unspecified atom stereocenters. The molecule has 0 radical (unpaired) electrons. The van der Waals surface area contributed by atoms with E-state index < -0.39 is 11.2 Å². The summed E-state index contributed by atoms with van der Waals surface area (Å²) < 4.78 is 1.25. The Morgan fingerprint density at radius 1 is 1.33 bits per heavy atom. The molecular formula is C20H26N4O3. The summed E-state index contributed by atoms with van der Waals surface area (Å²) in [6, 6.07) is 8.39. The van der Waals surface area contributed by atoms with Gasteiger partial charge in [-0.1, -0.05) is 31.2 Å². The van der Waals surface area contributed by atoms with Crippen molar-refractivity contribution in [3.63, 3.8) is 0 Å². The fourth-order valence-corrected chi connectivity index (χ4v) is 3.90. The molecule has 1 heterocycles. The number of hydrogen-bond donors (Lipinski definition) is 2. The van der Waals surface area contributed by atoms with E-state index in [-0.39, 0.29) is 29.8 Å². The lowest BCUT2D eigenvalue weighted by molar-refractivity contribution is 0.0910. The Bertz CT molecular complexity index is 960. The van der Waals surface area contributed by atoms with Crippen LogP contribution < -0.4 is 17.0 Å². The SMILES string of the molecule is CCCn1c(N)c(C(=O)CN(C)[C@@H]2CCCc3ccccc32)c(=O)[nH]c1=O. The third-order valence-corrected chi connectivity index (χ3v) is 5.23. The number of likely N-dealkylation sites (N-methyl/N-ethyl adjacent to an activating group) is 1. The van der Waals surface area contributed by atoms with E-state index in [0.29, 0.717) is 13.0 Å². The number of anilines is 1. The number of aryl methyl sites for hydroxylation is 1. The number of H-pyrrole nitrogens is 1. The minimum atomic E-state index is -0.715. The Balaban J connectivity index is 1.87. The highest BCUT2D eigenvalue weighted by atomic mass is 16.2. The zero-order valence-electron chi connectivity index (χ0n) is 15.8. The highest BCUT2D eigenvalue weighted by Crippen LogP contribution is 2.33. The lowest BCUT2D eigenvalue weighted by atomic mass is 9.87. The molecule has 2 aromatic rings. The van der Waals surface area contributed by atoms with Gasteiger partial charge < -0.3 is 5.73 Å². The standard InChI is InChI=1S/C20H26N4O3/c1-3-11-24-18(21)17(19(26)22-20(24)27)16(25)12-23(2)15-10-6-8-13-7-4-5-9-14(13)15/h4-5,7,9,15H,3,6,8,10-12,21H2,1-2H3,(H,22,26,27)/t15-/m1/s1. The highest BCUT2D eigenvalue weighted by molar-refractivity contribution is 6.01. The van der Waals surface area contributed by atoms with E-state index in [1.54, 1.807) is 0 Å². The van der Waals surface area contributed by atoms with Gasteiger partial charge >= 0.3 is 5.69 Å². The molecule has 7 heteroatoms. The molecule has 3 rings (SSSR count). The number of nitrogen functional groups attached to an aromatic ring is 1. The second-order valence-electron chi connectivity index (χ2n) is 7.12. The number of carbonyl (C=O) groups excluding carboxylic acids is 1. The van der Waals surface area contributed by atoms with Gasteiger partial charge in [-0.2, -0.15) is 0 Å². The number of rotatable bonds is 6. The minimum absolute atomic E-state index is 0.0481. The number of Topliss-reactive ketones (excluding diaryl/α,β-unsaturated/α-hetero) is 1. The summed E-state index contributed by atoms with van der Waals surface area (Å²) >= 11 is 0. The zero-order valence-corrected chi connectivity index (χ0v) is 15.8. The number of nitrogens with two attached hydrogens (primary N) is 1. The first-order valence-electron chi connectivity index (χ1n) is 9.37. The third-order valence-electron chi connectivity index (χ3n) is 5.23. The van der Waals surface area contributed by atoms with Crippen molar-refractivity contribution in [1.29, 1.82) is 0 Å². The number of hydrogen-bond acceptors (Lipinski definition) is 5. The molecule has 0 spiro atoms. The summed E-state index contributed by atoms with van der Waals surface area (Å²) in [6.45, 7) is 2.32. The van der Waals surface area contributed by atoms with Gasteiger partial charge in [-0.25, -0.2) is 4.79 Å². The molecule has 0 amide bonds. The number of benzene rings is 1. The van der Waals surface area contributed by atoms with Gasteiger partial charge in [0.2, 0.25) is 0 Å². The maximum atomic E-state index is 12.9. The molecule has 1 aromatic heterocycles. The fraction of sp³-hybridized carbons (Fsp3) is 0.450. The summed E-state index contributed by atoms with van der Waals surface area (Å²) in [6.07, 6.45) is 3.73. The Morgan fingerprint density at radius 2 is 2.07 bits per heavy atom. The predicted molar refractivity (Wildman–Crippen MR) is 105 cm³/mol. The number of nitrogens with zero attached hydrogens (tertiary/aromatic N) is 2. The van der Waals surface area contributed by atoms with Crippen LogP contribution in [0.4, 0.5) is 5.82 Å². The van der Waals surface area contributed by atoms with Gasteiger partial charge in [-0.15, -0.1) is 0 Å². The smallest absolute Gasteiger partial charge is 0.329 e. The summed E-state index contributed by atoms with van der Waals surface area (Å²) in [4.78, 5) is 41.2. The van der Waals surface area contributed by atoms with Crippen LogP contribution in [0.2, 0.25) is 0 Å². The number of nitrogens with one attached hydrogen (secondary N) is 1. The zero-order chi connectivity index (χ0) is 19.6. The Kier molecular flexibility index (Phi) is 5.60. The first-order valence-corrected chi connectivity index (χ1v) is 9.37. The number of aromatic amines is 1. The van der Waals surface area contributed by atoms with Gasteiger partial charge in [-0.05, 0) is 43.9 Å². The molecule has 0 saturated carbocycles. The van der Waals surface area contributed by atoms with Crippen LogP contribution >= 0.6 is 0 Å². The summed E-state index contributed by atoms with van der Waals surface area (Å²) in [5.41, 5.74) is 7.13. The van der Waals surface area contributed by atoms with Crippen LogP contribution in [0.5, 0.6) is 0 Å². The van der Waals surface area contributed by atoms with E-state index in [9.17, 15) is 14.4 Å². The number of ketones is 1. The molecule has 144 valence electrons. The first kappa shape index (κ1) is 19.1. The maximum absolute atomic E-state index is 12.9. The van der Waals surface area contributed by atoms with Crippen molar-refractivity contribution in [1.82, 2.24) is 14.5 Å². The number of aromatic nitrogens is 2. The molecule has 0 fully saturated rings. The van der Waals surface area contributed by atoms with Crippen LogP contribution in [0.15, 0.2) is 33.9 Å².